The largest absolute Gasteiger partial charge is 0.508 e. The molecule has 1 aliphatic rings. The van der Waals surface area contributed by atoms with Crippen molar-refractivity contribution < 1.29 is 9.50 Å². The zero-order chi connectivity index (χ0) is 20.4. The zero-order valence-electron chi connectivity index (χ0n) is 16.1. The number of nitrogens with one attached hydrogen (secondary N) is 1. The fourth-order valence-electron chi connectivity index (χ4n) is 3.67. The van der Waals surface area contributed by atoms with Crippen molar-refractivity contribution in [2.24, 2.45) is 4.99 Å². The predicted octanol–water partition coefficient (Wildman–Crippen LogP) is 5.97. The maximum absolute atomic E-state index is 13.8. The normalized spacial score (nSPS) is 19.1. The Labute approximate surface area is 174 Å². The molecule has 29 heavy (non-hydrogen) atoms. The van der Waals surface area contributed by atoms with Gasteiger partial charge in [-0.1, -0.05) is 54.9 Å². The minimum absolute atomic E-state index is 0.174. The summed E-state index contributed by atoms with van der Waals surface area (Å²) in [5.41, 5.74) is 4.63. The molecule has 0 saturated carbocycles. The fourth-order valence-corrected chi connectivity index (χ4v) is 3.85. The molecule has 0 aliphatic carbocycles. The molecule has 0 bridgehead atoms. The van der Waals surface area contributed by atoms with E-state index in [0.29, 0.717) is 17.0 Å². The summed E-state index contributed by atoms with van der Waals surface area (Å²) in [6.07, 6.45) is 1.13. The number of aliphatic imine (C=N–C) groups is 1. The van der Waals surface area contributed by atoms with Gasteiger partial charge in [0.05, 0.1) is 0 Å². The average Bonchev–Trinajstić information content (AvgIpc) is 2.75. The molecule has 1 aliphatic heterocycles. The van der Waals surface area contributed by atoms with Crippen LogP contribution in [0.25, 0.3) is 0 Å². The number of hydrogen-bond donors (Lipinski definition) is 2. The van der Waals surface area contributed by atoms with Crippen LogP contribution in [-0.4, -0.2) is 10.8 Å². The van der Waals surface area contributed by atoms with Crippen molar-refractivity contribution in [2.45, 2.75) is 32.0 Å². The highest BCUT2D eigenvalue weighted by atomic mass is 35.5. The fraction of sp³-hybridized carbons (Fsp3) is 0.208. The van der Waals surface area contributed by atoms with E-state index in [1.807, 2.05) is 6.07 Å². The molecule has 3 aromatic rings. The van der Waals surface area contributed by atoms with Crippen molar-refractivity contribution in [2.75, 3.05) is 0 Å². The number of nitrogens with zero attached hydrogens (tertiary/aromatic N) is 1. The third-order valence-electron chi connectivity index (χ3n) is 5.27. The molecular formula is C24H22ClFN2O. The van der Waals surface area contributed by atoms with Gasteiger partial charge in [0.2, 0.25) is 0 Å². The van der Waals surface area contributed by atoms with Crippen molar-refractivity contribution in [3.05, 3.63) is 99.8 Å². The van der Waals surface area contributed by atoms with E-state index in [1.165, 1.54) is 17.7 Å². The second-order valence-corrected chi connectivity index (χ2v) is 7.65. The van der Waals surface area contributed by atoms with Crippen LogP contribution >= 0.6 is 11.6 Å². The van der Waals surface area contributed by atoms with Gasteiger partial charge in [0.25, 0.3) is 0 Å². The molecule has 0 amide bonds. The second kappa shape index (κ2) is 8.36. The third kappa shape index (κ3) is 4.34. The number of aryl methyl sites for hydroxylation is 1. The first-order valence-electron chi connectivity index (χ1n) is 9.69. The molecule has 0 aromatic heterocycles. The van der Waals surface area contributed by atoms with Crippen LogP contribution < -0.4 is 5.32 Å². The Morgan fingerprint density at radius 2 is 1.90 bits per heavy atom. The van der Waals surface area contributed by atoms with Gasteiger partial charge in [-0.2, -0.15) is 0 Å². The van der Waals surface area contributed by atoms with E-state index in [0.717, 1.165) is 23.3 Å². The summed E-state index contributed by atoms with van der Waals surface area (Å²) in [6.45, 7) is 2.12. The Kier molecular flexibility index (Phi) is 5.65. The lowest BCUT2D eigenvalue weighted by molar-refractivity contribution is 0.412. The highest BCUT2D eigenvalue weighted by Gasteiger charge is 2.28. The first-order valence-corrected chi connectivity index (χ1v) is 10.1. The van der Waals surface area contributed by atoms with Crippen LogP contribution in [0, 0.1) is 5.82 Å². The molecule has 0 radical (unpaired) electrons. The molecule has 0 saturated heterocycles. The zero-order valence-corrected chi connectivity index (χ0v) is 16.8. The van der Waals surface area contributed by atoms with Crippen LogP contribution in [0.3, 0.4) is 0 Å². The van der Waals surface area contributed by atoms with E-state index >= 15 is 0 Å². The lowest BCUT2D eigenvalue weighted by Gasteiger charge is -2.31. The Balaban J connectivity index is 1.76. The van der Waals surface area contributed by atoms with E-state index < -0.39 is 6.17 Å². The van der Waals surface area contributed by atoms with Crippen molar-refractivity contribution >= 4 is 17.3 Å². The maximum atomic E-state index is 13.8. The summed E-state index contributed by atoms with van der Waals surface area (Å²) in [6, 6.07) is 19.6. The molecule has 5 heteroatoms. The number of benzene rings is 3. The minimum atomic E-state index is -0.427. The van der Waals surface area contributed by atoms with E-state index in [-0.39, 0.29) is 17.6 Å². The quantitative estimate of drug-likeness (QED) is 0.558. The molecule has 3 aromatic carbocycles. The average molecular weight is 409 g/mol. The standard InChI is InChI=1S/C24H22ClFN2O/c1-2-15-6-8-16(9-7-15)21-14-22(20-13-18(25)10-11-23(20)29)28-24(27-21)17-4-3-5-19(26)12-17/h3-13,22,24,28-29H,2,14H2,1H3/t22-,24+/m0/s1. The highest BCUT2D eigenvalue weighted by Crippen LogP contribution is 2.35. The Hall–Kier alpha value is -2.69. The van der Waals surface area contributed by atoms with Gasteiger partial charge in [0.1, 0.15) is 17.7 Å². The lowest BCUT2D eigenvalue weighted by atomic mass is 9.93. The van der Waals surface area contributed by atoms with E-state index in [4.69, 9.17) is 16.6 Å². The third-order valence-corrected chi connectivity index (χ3v) is 5.50. The number of hydrogen-bond acceptors (Lipinski definition) is 3. The van der Waals surface area contributed by atoms with Gasteiger partial charge >= 0.3 is 0 Å². The summed E-state index contributed by atoms with van der Waals surface area (Å²) < 4.78 is 13.8. The van der Waals surface area contributed by atoms with Crippen LogP contribution in [0.15, 0.2) is 71.7 Å². The van der Waals surface area contributed by atoms with Gasteiger partial charge in [0.15, 0.2) is 0 Å². The summed E-state index contributed by atoms with van der Waals surface area (Å²) in [4.78, 5) is 4.87. The first kappa shape index (κ1) is 19.6. The van der Waals surface area contributed by atoms with Gasteiger partial charge in [-0.05, 0) is 53.4 Å². The summed E-state index contributed by atoms with van der Waals surface area (Å²) in [5, 5.41) is 14.4. The van der Waals surface area contributed by atoms with Crippen LogP contribution in [-0.2, 0) is 6.42 Å². The van der Waals surface area contributed by atoms with E-state index in [2.05, 4.69) is 36.5 Å². The smallest absolute Gasteiger partial charge is 0.126 e. The highest BCUT2D eigenvalue weighted by molar-refractivity contribution is 6.30. The topological polar surface area (TPSA) is 44.6 Å². The number of rotatable bonds is 4. The molecule has 1 heterocycles. The Bertz CT molecular complexity index is 1050. The Morgan fingerprint density at radius 1 is 1.10 bits per heavy atom. The molecule has 4 rings (SSSR count). The number of halogens is 2. The number of phenolic OH excluding ortho intramolecular Hbond substituents is 1. The van der Waals surface area contributed by atoms with Gasteiger partial charge in [-0.3, -0.25) is 10.3 Å². The molecule has 2 N–H and O–H groups in total. The molecule has 0 spiro atoms. The van der Waals surface area contributed by atoms with Gasteiger partial charge in [0, 0.05) is 28.8 Å². The predicted molar refractivity (Wildman–Crippen MR) is 115 cm³/mol. The molecule has 3 nitrogen and oxygen atoms in total. The molecule has 2 atom stereocenters. The minimum Gasteiger partial charge on any atom is -0.508 e. The first-order chi connectivity index (χ1) is 14.0. The van der Waals surface area contributed by atoms with Crippen LogP contribution in [0.4, 0.5) is 4.39 Å². The van der Waals surface area contributed by atoms with E-state index in [1.54, 1.807) is 24.3 Å². The molecule has 0 unspecified atom stereocenters. The number of aromatic hydroxyl groups is 1. The molecule has 148 valence electrons. The van der Waals surface area contributed by atoms with Crippen molar-refractivity contribution in [3.8, 4) is 5.75 Å². The molecule has 0 fully saturated rings. The van der Waals surface area contributed by atoms with E-state index in [9.17, 15) is 9.50 Å². The van der Waals surface area contributed by atoms with Crippen LogP contribution in [0.2, 0.25) is 5.02 Å². The van der Waals surface area contributed by atoms with Crippen molar-refractivity contribution in [1.82, 2.24) is 5.32 Å². The van der Waals surface area contributed by atoms with Crippen LogP contribution in [0.1, 0.15) is 47.8 Å². The summed E-state index contributed by atoms with van der Waals surface area (Å²) in [7, 11) is 0. The number of phenols is 1. The summed E-state index contributed by atoms with van der Waals surface area (Å²) >= 11 is 6.18. The second-order valence-electron chi connectivity index (χ2n) is 7.21. The van der Waals surface area contributed by atoms with Crippen LogP contribution in [0.5, 0.6) is 5.75 Å². The van der Waals surface area contributed by atoms with Crippen molar-refractivity contribution in [3.63, 3.8) is 0 Å². The maximum Gasteiger partial charge on any atom is 0.126 e. The Morgan fingerprint density at radius 3 is 2.62 bits per heavy atom. The summed E-state index contributed by atoms with van der Waals surface area (Å²) in [5.74, 6) is -0.131. The van der Waals surface area contributed by atoms with Crippen molar-refractivity contribution in [1.29, 1.82) is 0 Å². The lowest BCUT2D eigenvalue weighted by Crippen LogP contribution is -2.33. The SMILES string of the molecule is CCc1ccc(C2=N[C@@H](c3cccc(F)c3)N[C@H](c3cc(Cl)ccc3O)C2)cc1. The van der Waals surface area contributed by atoms with Gasteiger partial charge in [-0.15, -0.1) is 0 Å². The monoisotopic (exact) mass is 408 g/mol. The molecular weight excluding hydrogens is 387 g/mol. The van der Waals surface area contributed by atoms with Gasteiger partial charge < -0.3 is 5.11 Å². The van der Waals surface area contributed by atoms with Gasteiger partial charge in [-0.25, -0.2) is 4.39 Å².